The van der Waals surface area contributed by atoms with Gasteiger partial charge in [-0.15, -0.1) is 0 Å². The lowest BCUT2D eigenvalue weighted by atomic mass is 9.71. The quantitative estimate of drug-likeness (QED) is 0.199. The summed E-state index contributed by atoms with van der Waals surface area (Å²) in [5.41, 5.74) is 0. The van der Waals surface area contributed by atoms with Crippen LogP contribution in [0.5, 0.6) is 0 Å². The fraction of sp³-hybridized carbons (Fsp3) is 0.815. The minimum atomic E-state index is -0.397. The maximum absolute atomic E-state index is 13.0. The van der Waals surface area contributed by atoms with Crippen LogP contribution in [0, 0.1) is 23.7 Å². The van der Waals surface area contributed by atoms with Crippen molar-refractivity contribution in [2.45, 2.75) is 91.6 Å². The Balaban J connectivity index is 1.98. The van der Waals surface area contributed by atoms with Crippen molar-refractivity contribution in [1.29, 1.82) is 0 Å². The lowest BCUT2D eigenvalue weighted by Gasteiger charge is -2.38. The number of carbonyl (C=O) groups is 5. The second kappa shape index (κ2) is 15.1. The van der Waals surface area contributed by atoms with Crippen molar-refractivity contribution in [2.24, 2.45) is 23.7 Å². The summed E-state index contributed by atoms with van der Waals surface area (Å²) >= 11 is 0. The topological polar surface area (TPSA) is 116 Å². The van der Waals surface area contributed by atoms with Gasteiger partial charge in [0.05, 0.1) is 19.3 Å². The van der Waals surface area contributed by atoms with E-state index in [9.17, 15) is 24.0 Å². The minimum absolute atomic E-state index is 0.0473. The first kappa shape index (κ1) is 29.9. The van der Waals surface area contributed by atoms with Crippen LogP contribution in [-0.2, 0) is 38.2 Å². The highest BCUT2D eigenvalue weighted by atomic mass is 16.5. The Morgan fingerprint density at radius 1 is 0.917 bits per heavy atom. The molecule has 0 aromatic rings. The second-order valence-electron chi connectivity index (χ2n) is 10.2. The van der Waals surface area contributed by atoms with Crippen molar-refractivity contribution in [3.63, 3.8) is 0 Å². The largest absolute Gasteiger partial charge is 0.466 e. The summed E-state index contributed by atoms with van der Waals surface area (Å²) in [6.45, 7) is 8.72. The van der Waals surface area contributed by atoms with E-state index in [1.165, 1.54) is 4.90 Å². The molecule has 0 radical (unpaired) electrons. The van der Waals surface area contributed by atoms with Gasteiger partial charge in [0.25, 0.3) is 0 Å². The Labute approximate surface area is 214 Å². The van der Waals surface area contributed by atoms with E-state index in [1.807, 2.05) is 6.92 Å². The van der Waals surface area contributed by atoms with Crippen LogP contribution in [0.1, 0.15) is 85.5 Å². The number of nitrogens with zero attached hydrogens (tertiary/aromatic N) is 1. The summed E-state index contributed by atoms with van der Waals surface area (Å²) in [5, 5.41) is 0. The molecule has 1 aliphatic heterocycles. The zero-order valence-corrected chi connectivity index (χ0v) is 22.3. The van der Waals surface area contributed by atoms with Crippen LogP contribution >= 0.6 is 0 Å². The predicted octanol–water partition coefficient (Wildman–Crippen LogP) is 3.46. The van der Waals surface area contributed by atoms with Gasteiger partial charge in [-0.25, -0.2) is 0 Å². The number of likely N-dealkylation sites (tertiary alicyclic amines) is 1. The van der Waals surface area contributed by atoms with E-state index in [2.05, 4.69) is 6.92 Å². The van der Waals surface area contributed by atoms with Crippen LogP contribution in [0.15, 0.2) is 0 Å². The average molecular weight is 510 g/mol. The monoisotopic (exact) mass is 509 g/mol. The number of Topliss-reactive ketones (excluding diaryl/α,β-unsaturated/α-hetero) is 1. The summed E-state index contributed by atoms with van der Waals surface area (Å²) in [5.74, 6) is -1.09. The summed E-state index contributed by atoms with van der Waals surface area (Å²) in [6.07, 6.45) is 3.31. The van der Waals surface area contributed by atoms with Gasteiger partial charge in [-0.3, -0.25) is 28.9 Å². The Kier molecular flexibility index (Phi) is 12.5. The molecule has 1 aliphatic carbocycles. The molecule has 9 nitrogen and oxygen atoms in total. The van der Waals surface area contributed by atoms with Gasteiger partial charge in [0.1, 0.15) is 5.78 Å². The smallest absolute Gasteiger partial charge is 0.305 e. The van der Waals surface area contributed by atoms with E-state index in [4.69, 9.17) is 14.2 Å². The first-order valence-electron chi connectivity index (χ1n) is 13.5. The van der Waals surface area contributed by atoms with Crippen LogP contribution in [0.4, 0.5) is 0 Å². The molecule has 36 heavy (non-hydrogen) atoms. The molecule has 1 heterocycles. The summed E-state index contributed by atoms with van der Waals surface area (Å²) in [7, 11) is 0. The van der Waals surface area contributed by atoms with E-state index >= 15 is 0 Å². The molecule has 1 saturated carbocycles. The van der Waals surface area contributed by atoms with Crippen molar-refractivity contribution in [2.75, 3.05) is 26.4 Å². The van der Waals surface area contributed by atoms with E-state index in [-0.39, 0.29) is 79.5 Å². The zero-order valence-electron chi connectivity index (χ0n) is 22.3. The third-order valence-corrected chi connectivity index (χ3v) is 7.04. The van der Waals surface area contributed by atoms with Crippen LogP contribution in [0.3, 0.4) is 0 Å². The van der Waals surface area contributed by atoms with Gasteiger partial charge in [0, 0.05) is 50.7 Å². The van der Waals surface area contributed by atoms with Gasteiger partial charge in [-0.2, -0.15) is 0 Å². The molecule has 2 rings (SSSR count). The molecule has 0 spiro atoms. The van der Waals surface area contributed by atoms with Crippen molar-refractivity contribution in [3.8, 4) is 0 Å². The number of hydrogen-bond acceptors (Lipinski definition) is 8. The van der Waals surface area contributed by atoms with E-state index < -0.39 is 6.10 Å². The highest BCUT2D eigenvalue weighted by Crippen LogP contribution is 2.37. The Morgan fingerprint density at radius 2 is 1.50 bits per heavy atom. The van der Waals surface area contributed by atoms with Crippen molar-refractivity contribution >= 4 is 29.5 Å². The van der Waals surface area contributed by atoms with Gasteiger partial charge in [0.15, 0.2) is 0 Å². The molecule has 0 aromatic heterocycles. The van der Waals surface area contributed by atoms with Crippen LogP contribution < -0.4 is 0 Å². The normalized spacial score (nSPS) is 24.1. The lowest BCUT2D eigenvalue weighted by Crippen LogP contribution is -2.46. The SMILES string of the molecule is CCOC(=O)CCCOC(CC1CC(=O)N(CCCC(=O)OCC)C(=O)C1)C1C[C@@H](C)C[C@H](C)C1=O. The molecule has 2 fully saturated rings. The number of ketones is 1. The number of carbonyl (C=O) groups excluding carboxylic acids is 5. The highest BCUT2D eigenvalue weighted by Gasteiger charge is 2.40. The van der Waals surface area contributed by atoms with Crippen molar-refractivity contribution in [3.05, 3.63) is 0 Å². The van der Waals surface area contributed by atoms with Crippen LogP contribution in [0.2, 0.25) is 0 Å². The van der Waals surface area contributed by atoms with Gasteiger partial charge in [0.2, 0.25) is 11.8 Å². The third kappa shape index (κ3) is 9.30. The first-order chi connectivity index (χ1) is 17.2. The minimum Gasteiger partial charge on any atom is -0.466 e. The Bertz CT molecular complexity index is 764. The fourth-order valence-corrected chi connectivity index (χ4v) is 5.38. The predicted molar refractivity (Wildman–Crippen MR) is 132 cm³/mol. The molecule has 4 atom stereocenters. The molecule has 2 aliphatic rings. The molecular weight excluding hydrogens is 466 g/mol. The highest BCUT2D eigenvalue weighted by molar-refractivity contribution is 5.98. The van der Waals surface area contributed by atoms with E-state index in [0.29, 0.717) is 45.0 Å². The van der Waals surface area contributed by atoms with Gasteiger partial charge in [-0.05, 0) is 57.8 Å². The Morgan fingerprint density at radius 3 is 2.08 bits per heavy atom. The summed E-state index contributed by atoms with van der Waals surface area (Å²) in [4.78, 5) is 63.0. The standard InChI is InChI=1S/C27H43NO8/c1-5-34-25(31)9-7-11-28-23(29)16-20(17-24(28)30)15-22(36-12-8-10-26(32)35-6-2)21-14-18(3)13-19(4)27(21)33/h18-22H,5-17H2,1-4H3/t18-,19-,21?,22?/m0/s1. The number of ether oxygens (including phenoxy) is 3. The zero-order chi connectivity index (χ0) is 26.7. The molecule has 1 saturated heterocycles. The number of esters is 2. The van der Waals surface area contributed by atoms with Gasteiger partial charge in [-0.1, -0.05) is 13.8 Å². The molecule has 204 valence electrons. The average Bonchev–Trinajstić information content (AvgIpc) is 2.80. The summed E-state index contributed by atoms with van der Waals surface area (Å²) in [6, 6.07) is 0. The Hall–Kier alpha value is -2.29. The number of imide groups is 1. The maximum Gasteiger partial charge on any atom is 0.305 e. The lowest BCUT2D eigenvalue weighted by molar-refractivity contribution is -0.153. The molecule has 0 N–H and O–H groups in total. The third-order valence-electron chi connectivity index (χ3n) is 7.04. The molecule has 0 bridgehead atoms. The van der Waals surface area contributed by atoms with E-state index in [1.54, 1.807) is 13.8 Å². The number of hydrogen-bond donors (Lipinski definition) is 0. The van der Waals surface area contributed by atoms with Crippen molar-refractivity contribution in [1.82, 2.24) is 4.90 Å². The van der Waals surface area contributed by atoms with Crippen molar-refractivity contribution < 1.29 is 38.2 Å². The molecule has 2 unspecified atom stereocenters. The second-order valence-corrected chi connectivity index (χ2v) is 10.2. The van der Waals surface area contributed by atoms with Crippen LogP contribution in [-0.4, -0.2) is 66.9 Å². The maximum atomic E-state index is 13.0. The number of piperidine rings is 1. The molecular formula is C27H43NO8. The molecule has 0 aromatic carbocycles. The molecule has 9 heteroatoms. The van der Waals surface area contributed by atoms with Crippen LogP contribution in [0.25, 0.3) is 0 Å². The summed E-state index contributed by atoms with van der Waals surface area (Å²) < 4.78 is 16.0. The fourth-order valence-electron chi connectivity index (χ4n) is 5.38. The van der Waals surface area contributed by atoms with E-state index in [0.717, 1.165) is 12.8 Å². The first-order valence-corrected chi connectivity index (χ1v) is 13.5. The number of rotatable bonds is 14. The van der Waals surface area contributed by atoms with Gasteiger partial charge < -0.3 is 14.2 Å². The molecule has 2 amide bonds. The van der Waals surface area contributed by atoms with Gasteiger partial charge >= 0.3 is 11.9 Å². The number of amides is 2.